The van der Waals surface area contributed by atoms with Gasteiger partial charge in [-0.2, -0.15) is 0 Å². The first-order chi connectivity index (χ1) is 9.58. The van der Waals surface area contributed by atoms with Crippen molar-refractivity contribution < 1.29 is 0 Å². The molecule has 102 valence electrons. The molecule has 1 aromatic carbocycles. The van der Waals surface area contributed by atoms with Gasteiger partial charge < -0.3 is 0 Å². The summed E-state index contributed by atoms with van der Waals surface area (Å²) in [5.74, 6) is 1.05. The lowest BCUT2D eigenvalue weighted by Crippen LogP contribution is -2.02. The van der Waals surface area contributed by atoms with Crippen molar-refractivity contribution in [2.24, 2.45) is 0 Å². The molecule has 3 rings (SSSR count). The Kier molecular flexibility index (Phi) is 3.48. The minimum Gasteiger partial charge on any atom is -0.232 e. The van der Waals surface area contributed by atoms with E-state index in [9.17, 15) is 0 Å². The van der Waals surface area contributed by atoms with Crippen LogP contribution < -0.4 is 0 Å². The summed E-state index contributed by atoms with van der Waals surface area (Å²) in [7, 11) is 0. The van der Waals surface area contributed by atoms with Crippen molar-refractivity contribution in [3.8, 4) is 11.3 Å². The van der Waals surface area contributed by atoms with Gasteiger partial charge in [-0.05, 0) is 23.8 Å². The third kappa shape index (κ3) is 2.21. The third-order valence-corrected chi connectivity index (χ3v) is 4.69. The molecule has 0 radical (unpaired) electrons. The van der Waals surface area contributed by atoms with Crippen LogP contribution in [0.3, 0.4) is 0 Å². The van der Waals surface area contributed by atoms with Crippen molar-refractivity contribution in [3.05, 3.63) is 46.2 Å². The van der Waals surface area contributed by atoms with E-state index in [1.807, 2.05) is 6.92 Å². The second kappa shape index (κ2) is 5.15. The summed E-state index contributed by atoms with van der Waals surface area (Å²) >= 11 is 8.02. The summed E-state index contributed by atoms with van der Waals surface area (Å²) in [6.07, 6.45) is 0. The first-order valence-corrected chi connectivity index (χ1v) is 7.84. The summed E-state index contributed by atoms with van der Waals surface area (Å²) in [5.41, 5.74) is 3.03. The highest BCUT2D eigenvalue weighted by molar-refractivity contribution is 7.17. The molecular weight excluding hydrogens is 288 g/mol. The fourth-order valence-electron chi connectivity index (χ4n) is 2.21. The lowest BCUT2D eigenvalue weighted by Gasteiger charge is -2.12. The molecule has 3 aromatic rings. The standard InChI is InChI=1S/C16H15ClN2S/c1-9(2)16-18-13(10(3)15(17)19-16)12-6-4-5-11-7-8-20-14(11)12/h4-9H,1-3H3. The smallest absolute Gasteiger partial charge is 0.136 e. The Morgan fingerprint density at radius 3 is 2.70 bits per heavy atom. The van der Waals surface area contributed by atoms with Crippen molar-refractivity contribution in [2.75, 3.05) is 0 Å². The molecule has 0 aliphatic carbocycles. The maximum Gasteiger partial charge on any atom is 0.136 e. The molecule has 0 fully saturated rings. The van der Waals surface area contributed by atoms with Gasteiger partial charge in [0.25, 0.3) is 0 Å². The second-order valence-corrected chi connectivity index (χ2v) is 6.42. The van der Waals surface area contributed by atoms with Gasteiger partial charge in [0.15, 0.2) is 0 Å². The minimum absolute atomic E-state index is 0.259. The molecule has 4 heteroatoms. The number of halogens is 1. The van der Waals surface area contributed by atoms with Crippen LogP contribution in [-0.2, 0) is 0 Å². The van der Waals surface area contributed by atoms with Gasteiger partial charge in [0.1, 0.15) is 11.0 Å². The highest BCUT2D eigenvalue weighted by atomic mass is 35.5. The van der Waals surface area contributed by atoms with Crippen LogP contribution in [0.2, 0.25) is 5.15 Å². The van der Waals surface area contributed by atoms with Crippen LogP contribution in [0.5, 0.6) is 0 Å². The second-order valence-electron chi connectivity index (χ2n) is 5.15. The van der Waals surface area contributed by atoms with Gasteiger partial charge >= 0.3 is 0 Å². The Bertz CT molecular complexity index is 777. The van der Waals surface area contributed by atoms with Gasteiger partial charge in [-0.15, -0.1) is 11.3 Å². The van der Waals surface area contributed by atoms with Gasteiger partial charge in [-0.1, -0.05) is 43.6 Å². The lowest BCUT2D eigenvalue weighted by molar-refractivity contribution is 0.773. The van der Waals surface area contributed by atoms with Gasteiger partial charge in [0.2, 0.25) is 0 Å². The molecular formula is C16H15ClN2S. The quantitative estimate of drug-likeness (QED) is 0.589. The van der Waals surface area contributed by atoms with Crippen LogP contribution in [0.1, 0.15) is 31.2 Å². The summed E-state index contributed by atoms with van der Waals surface area (Å²) < 4.78 is 1.25. The molecule has 2 nitrogen and oxygen atoms in total. The fourth-order valence-corrected chi connectivity index (χ4v) is 3.30. The molecule has 20 heavy (non-hydrogen) atoms. The molecule has 0 spiro atoms. The largest absolute Gasteiger partial charge is 0.232 e. The van der Waals surface area contributed by atoms with E-state index in [2.05, 4.69) is 48.5 Å². The topological polar surface area (TPSA) is 25.8 Å². The van der Waals surface area contributed by atoms with E-state index < -0.39 is 0 Å². The summed E-state index contributed by atoms with van der Waals surface area (Å²) in [6, 6.07) is 8.42. The van der Waals surface area contributed by atoms with E-state index in [1.165, 1.54) is 10.1 Å². The number of hydrogen-bond acceptors (Lipinski definition) is 3. The average Bonchev–Trinajstić information content (AvgIpc) is 2.89. The van der Waals surface area contributed by atoms with Gasteiger partial charge in [0, 0.05) is 21.7 Å². The number of nitrogens with zero attached hydrogens (tertiary/aromatic N) is 2. The van der Waals surface area contributed by atoms with Crippen molar-refractivity contribution in [1.29, 1.82) is 0 Å². The molecule has 0 bridgehead atoms. The average molecular weight is 303 g/mol. The maximum atomic E-state index is 6.29. The van der Waals surface area contributed by atoms with Gasteiger partial charge in [-0.25, -0.2) is 9.97 Å². The van der Waals surface area contributed by atoms with Crippen molar-refractivity contribution in [1.82, 2.24) is 9.97 Å². The van der Waals surface area contributed by atoms with E-state index in [0.29, 0.717) is 5.15 Å². The fraction of sp³-hybridized carbons (Fsp3) is 0.250. The number of hydrogen-bond donors (Lipinski definition) is 0. The van der Waals surface area contributed by atoms with Crippen molar-refractivity contribution >= 4 is 33.0 Å². The van der Waals surface area contributed by atoms with Gasteiger partial charge in [0.05, 0.1) is 5.69 Å². The predicted octanol–water partition coefficient (Wildman–Crippen LogP) is 5.44. The zero-order valence-corrected chi connectivity index (χ0v) is 13.2. The van der Waals surface area contributed by atoms with E-state index in [4.69, 9.17) is 16.6 Å². The first kappa shape index (κ1) is 13.5. The number of fused-ring (bicyclic) bond motifs is 1. The normalized spacial score (nSPS) is 11.4. The Balaban J connectivity index is 2.31. The Hall–Kier alpha value is -1.45. The van der Waals surface area contributed by atoms with E-state index in [1.54, 1.807) is 11.3 Å². The molecule has 0 unspecified atom stereocenters. The Labute approximate surface area is 127 Å². The maximum absolute atomic E-state index is 6.29. The third-order valence-electron chi connectivity index (χ3n) is 3.35. The van der Waals surface area contributed by atoms with Crippen LogP contribution in [0.15, 0.2) is 29.6 Å². The molecule has 0 saturated heterocycles. The number of benzene rings is 1. The monoisotopic (exact) mass is 302 g/mol. The minimum atomic E-state index is 0.259. The first-order valence-electron chi connectivity index (χ1n) is 6.58. The molecule has 0 atom stereocenters. The Morgan fingerprint density at radius 2 is 1.95 bits per heavy atom. The molecule has 0 saturated carbocycles. The van der Waals surface area contributed by atoms with Crippen molar-refractivity contribution in [2.45, 2.75) is 26.7 Å². The van der Waals surface area contributed by atoms with Crippen LogP contribution in [0.4, 0.5) is 0 Å². The zero-order chi connectivity index (χ0) is 14.3. The molecule has 0 amide bonds. The predicted molar refractivity (Wildman–Crippen MR) is 86.7 cm³/mol. The summed E-state index contributed by atoms with van der Waals surface area (Å²) in [5, 5.41) is 3.90. The van der Waals surface area contributed by atoms with E-state index >= 15 is 0 Å². The number of thiophene rings is 1. The van der Waals surface area contributed by atoms with Crippen LogP contribution in [0, 0.1) is 6.92 Å². The van der Waals surface area contributed by atoms with Crippen LogP contribution in [-0.4, -0.2) is 9.97 Å². The SMILES string of the molecule is Cc1c(Cl)nc(C(C)C)nc1-c1cccc2ccsc12. The molecule has 0 N–H and O–H groups in total. The molecule has 0 aliphatic rings. The summed E-state index contributed by atoms with van der Waals surface area (Å²) in [4.78, 5) is 9.13. The van der Waals surface area contributed by atoms with Gasteiger partial charge in [-0.3, -0.25) is 0 Å². The van der Waals surface area contributed by atoms with E-state index in [-0.39, 0.29) is 5.92 Å². The molecule has 0 aliphatic heterocycles. The molecule has 2 aromatic heterocycles. The van der Waals surface area contributed by atoms with E-state index in [0.717, 1.165) is 22.6 Å². The number of aromatic nitrogens is 2. The summed E-state index contributed by atoms with van der Waals surface area (Å²) in [6.45, 7) is 6.14. The zero-order valence-electron chi connectivity index (χ0n) is 11.6. The number of rotatable bonds is 2. The Morgan fingerprint density at radius 1 is 1.15 bits per heavy atom. The van der Waals surface area contributed by atoms with Crippen LogP contribution >= 0.6 is 22.9 Å². The highest BCUT2D eigenvalue weighted by Crippen LogP contribution is 2.35. The highest BCUT2D eigenvalue weighted by Gasteiger charge is 2.15. The molecule has 2 heterocycles. The van der Waals surface area contributed by atoms with Crippen LogP contribution in [0.25, 0.3) is 21.3 Å². The lowest BCUT2D eigenvalue weighted by atomic mass is 10.1. The van der Waals surface area contributed by atoms with Crippen molar-refractivity contribution in [3.63, 3.8) is 0 Å².